The lowest BCUT2D eigenvalue weighted by Gasteiger charge is -2.21. The molecule has 2 atom stereocenters. The van der Waals surface area contributed by atoms with Gasteiger partial charge in [-0.15, -0.1) is 10.2 Å². The zero-order valence-electron chi connectivity index (χ0n) is 12.8. The molecule has 1 aromatic heterocycles. The van der Waals surface area contributed by atoms with Gasteiger partial charge in [-0.1, -0.05) is 30.7 Å². The molecule has 0 aliphatic heterocycles. The van der Waals surface area contributed by atoms with Crippen LogP contribution >= 0.6 is 0 Å². The van der Waals surface area contributed by atoms with Gasteiger partial charge in [0, 0.05) is 11.5 Å². The molecule has 23 heavy (non-hydrogen) atoms. The Kier molecular flexibility index (Phi) is 5.40. The van der Waals surface area contributed by atoms with Crippen LogP contribution in [0.4, 0.5) is 0 Å². The van der Waals surface area contributed by atoms with E-state index in [1.54, 1.807) is 18.2 Å². The number of carboxylic acid groups (broad SMARTS) is 1. The highest BCUT2D eigenvalue weighted by molar-refractivity contribution is 5.92. The lowest BCUT2D eigenvalue weighted by molar-refractivity contribution is -0.143. The number of primary amides is 1. The number of nitrogens with zero attached hydrogens (tertiary/aromatic N) is 3. The zero-order valence-corrected chi connectivity index (χ0v) is 12.8. The Bertz CT molecular complexity index is 672. The number of H-pyrrole nitrogens is 1. The minimum absolute atomic E-state index is 0.357. The topological polar surface area (TPSA) is 135 Å². The first kappa shape index (κ1) is 16.6. The molecule has 0 bridgehead atoms. The van der Waals surface area contributed by atoms with E-state index in [2.05, 4.69) is 20.6 Å². The third-order valence-corrected chi connectivity index (χ3v) is 3.76. The van der Waals surface area contributed by atoms with Crippen molar-refractivity contribution < 1.29 is 14.7 Å². The van der Waals surface area contributed by atoms with E-state index in [1.807, 2.05) is 13.0 Å². The quantitative estimate of drug-likeness (QED) is 0.668. The Hall–Kier alpha value is -2.77. The van der Waals surface area contributed by atoms with Crippen LogP contribution in [0.2, 0.25) is 0 Å². The number of nitrogens with one attached hydrogen (secondary N) is 1. The molecule has 0 spiro atoms. The van der Waals surface area contributed by atoms with Crippen LogP contribution in [0.1, 0.15) is 47.4 Å². The second-order valence-electron chi connectivity index (χ2n) is 5.38. The van der Waals surface area contributed by atoms with E-state index in [-0.39, 0.29) is 0 Å². The average Bonchev–Trinajstić information content (AvgIpc) is 3.05. The van der Waals surface area contributed by atoms with Gasteiger partial charge in [-0.25, -0.2) is 0 Å². The minimum atomic E-state index is -0.896. The van der Waals surface area contributed by atoms with E-state index in [4.69, 9.17) is 5.73 Å². The molecule has 2 aromatic rings. The van der Waals surface area contributed by atoms with Gasteiger partial charge in [-0.3, -0.25) is 9.59 Å². The maximum Gasteiger partial charge on any atom is 0.307 e. The zero-order chi connectivity index (χ0) is 16.8. The summed E-state index contributed by atoms with van der Waals surface area (Å²) < 4.78 is 0. The Morgan fingerprint density at radius 2 is 2.17 bits per heavy atom. The van der Waals surface area contributed by atoms with E-state index >= 15 is 0 Å². The fourth-order valence-corrected chi connectivity index (χ4v) is 2.65. The molecule has 1 heterocycles. The van der Waals surface area contributed by atoms with E-state index in [9.17, 15) is 14.7 Å². The van der Waals surface area contributed by atoms with Gasteiger partial charge < -0.3 is 10.8 Å². The molecule has 8 heteroatoms. The summed E-state index contributed by atoms with van der Waals surface area (Å²) in [6, 6.07) is 6.83. The summed E-state index contributed by atoms with van der Waals surface area (Å²) in [5.41, 5.74) is 6.48. The molecule has 0 saturated carbocycles. The molecule has 2 rings (SSSR count). The number of carbonyl (C=O) groups excluding carboxylic acids is 1. The number of amides is 1. The van der Waals surface area contributed by atoms with Gasteiger partial charge in [-0.2, -0.15) is 5.21 Å². The normalized spacial score (nSPS) is 13.4. The Morgan fingerprint density at radius 1 is 1.39 bits per heavy atom. The Balaban J connectivity index is 2.33. The highest BCUT2D eigenvalue weighted by Gasteiger charge is 2.32. The maximum atomic E-state index is 11.6. The maximum absolute atomic E-state index is 11.6. The first-order chi connectivity index (χ1) is 11.0. The summed E-state index contributed by atoms with van der Waals surface area (Å²) in [4.78, 5) is 22.9. The van der Waals surface area contributed by atoms with E-state index in [0.29, 0.717) is 24.2 Å². The van der Waals surface area contributed by atoms with Crippen LogP contribution in [-0.4, -0.2) is 37.6 Å². The number of carbonyl (C=O) groups is 2. The first-order valence-corrected chi connectivity index (χ1v) is 7.37. The summed E-state index contributed by atoms with van der Waals surface area (Å²) in [6.45, 7) is 1.93. The lowest BCUT2D eigenvalue weighted by atomic mass is 9.83. The van der Waals surface area contributed by atoms with Crippen LogP contribution in [-0.2, 0) is 11.2 Å². The second-order valence-corrected chi connectivity index (χ2v) is 5.38. The number of nitrogens with two attached hydrogens (primary N) is 1. The highest BCUT2D eigenvalue weighted by atomic mass is 16.4. The number of hydrogen-bond donors (Lipinski definition) is 3. The number of aromatic amines is 1. The fourth-order valence-electron chi connectivity index (χ4n) is 2.65. The van der Waals surface area contributed by atoms with Gasteiger partial charge >= 0.3 is 5.97 Å². The molecule has 1 aromatic carbocycles. The summed E-state index contributed by atoms with van der Waals surface area (Å²) in [6.07, 6.45) is 1.62. The number of aromatic nitrogens is 4. The average molecular weight is 317 g/mol. The van der Waals surface area contributed by atoms with Crippen LogP contribution < -0.4 is 5.73 Å². The molecule has 0 aliphatic carbocycles. The van der Waals surface area contributed by atoms with Crippen molar-refractivity contribution in [2.45, 2.75) is 32.1 Å². The first-order valence-electron chi connectivity index (χ1n) is 7.37. The van der Waals surface area contributed by atoms with Crippen molar-refractivity contribution in [1.29, 1.82) is 0 Å². The third-order valence-electron chi connectivity index (χ3n) is 3.76. The number of rotatable bonds is 8. The number of tetrazole rings is 1. The smallest absolute Gasteiger partial charge is 0.307 e. The van der Waals surface area contributed by atoms with Gasteiger partial charge in [0.2, 0.25) is 5.91 Å². The Labute approximate surface area is 133 Å². The van der Waals surface area contributed by atoms with Crippen molar-refractivity contribution in [2.24, 2.45) is 11.7 Å². The molecule has 0 saturated heterocycles. The molecule has 0 fully saturated rings. The van der Waals surface area contributed by atoms with Crippen molar-refractivity contribution in [3.05, 3.63) is 41.2 Å². The molecule has 2 unspecified atom stereocenters. The summed E-state index contributed by atoms with van der Waals surface area (Å²) in [7, 11) is 0. The molecule has 0 radical (unpaired) electrons. The van der Waals surface area contributed by atoms with Gasteiger partial charge in [0.15, 0.2) is 5.82 Å². The van der Waals surface area contributed by atoms with Crippen LogP contribution in [0.15, 0.2) is 24.3 Å². The Morgan fingerprint density at radius 3 is 2.74 bits per heavy atom. The van der Waals surface area contributed by atoms with Crippen molar-refractivity contribution in [1.82, 2.24) is 20.6 Å². The predicted octanol–water partition coefficient (Wildman–Crippen LogP) is 1.13. The molecule has 122 valence electrons. The number of hydrogen-bond acceptors (Lipinski definition) is 5. The van der Waals surface area contributed by atoms with Crippen molar-refractivity contribution in [2.75, 3.05) is 0 Å². The standard InChI is InChI=1S/C15H19N5O3/c1-2-4-11(15(22)23)12(14-17-19-20-18-14)8-9-5-3-6-10(7-9)13(16)21/h3,5-7,11-12H,2,4,8H2,1H3,(H2,16,21)(H,22,23)(H,17,18,19,20). The number of aliphatic carboxylic acids is 1. The second kappa shape index (κ2) is 7.48. The molecule has 0 aliphatic rings. The number of benzene rings is 1. The number of carboxylic acids is 1. The van der Waals surface area contributed by atoms with Gasteiger partial charge in [0.05, 0.1) is 5.92 Å². The summed E-state index contributed by atoms with van der Waals surface area (Å²) >= 11 is 0. The molecular weight excluding hydrogens is 298 g/mol. The van der Waals surface area contributed by atoms with E-state index in [0.717, 1.165) is 12.0 Å². The summed E-state index contributed by atoms with van der Waals surface area (Å²) in [5, 5.41) is 23.3. The van der Waals surface area contributed by atoms with Crippen LogP contribution in [0.3, 0.4) is 0 Å². The van der Waals surface area contributed by atoms with Crippen LogP contribution in [0.5, 0.6) is 0 Å². The molecular formula is C15H19N5O3. The van der Waals surface area contributed by atoms with Gasteiger partial charge in [0.1, 0.15) is 0 Å². The molecule has 1 amide bonds. The van der Waals surface area contributed by atoms with Crippen LogP contribution in [0.25, 0.3) is 0 Å². The molecule has 8 nitrogen and oxygen atoms in total. The van der Waals surface area contributed by atoms with Gasteiger partial charge in [0.25, 0.3) is 0 Å². The van der Waals surface area contributed by atoms with Crippen molar-refractivity contribution >= 4 is 11.9 Å². The van der Waals surface area contributed by atoms with Gasteiger partial charge in [-0.05, 0) is 30.5 Å². The largest absolute Gasteiger partial charge is 0.481 e. The lowest BCUT2D eigenvalue weighted by Crippen LogP contribution is -2.25. The van der Waals surface area contributed by atoms with Crippen molar-refractivity contribution in [3.8, 4) is 0 Å². The highest BCUT2D eigenvalue weighted by Crippen LogP contribution is 2.30. The van der Waals surface area contributed by atoms with E-state index in [1.165, 1.54) is 0 Å². The fraction of sp³-hybridized carbons (Fsp3) is 0.400. The molecule has 4 N–H and O–H groups in total. The monoisotopic (exact) mass is 317 g/mol. The SMILES string of the molecule is CCCC(C(=O)O)C(Cc1cccc(C(N)=O)c1)c1nn[nH]n1. The van der Waals surface area contributed by atoms with E-state index < -0.39 is 23.7 Å². The van der Waals surface area contributed by atoms with Crippen molar-refractivity contribution in [3.63, 3.8) is 0 Å². The third kappa shape index (κ3) is 4.12. The predicted molar refractivity (Wildman–Crippen MR) is 81.6 cm³/mol. The van der Waals surface area contributed by atoms with Crippen LogP contribution in [0, 0.1) is 5.92 Å². The summed E-state index contributed by atoms with van der Waals surface area (Å²) in [5.74, 6) is -2.13. The minimum Gasteiger partial charge on any atom is -0.481 e.